The molecule has 0 atom stereocenters. The molecule has 0 fully saturated rings. The molecule has 0 unspecified atom stereocenters. The Kier molecular flexibility index (Phi) is 8.32. The molecule has 1 aromatic heterocycles. The predicted molar refractivity (Wildman–Crippen MR) is 260 cm³/mol. The van der Waals surface area contributed by atoms with Gasteiger partial charge in [-0.05, 0) is 117 Å². The van der Waals surface area contributed by atoms with Crippen molar-refractivity contribution >= 4 is 68.1 Å². The second-order valence-electron chi connectivity index (χ2n) is 19.1. The van der Waals surface area contributed by atoms with Crippen molar-refractivity contribution in [3.63, 3.8) is 0 Å². The van der Waals surface area contributed by atoms with Crippen LogP contribution in [-0.2, 0) is 10.8 Å². The Bertz CT molecular complexity index is 3170. The molecule has 0 saturated heterocycles. The van der Waals surface area contributed by atoms with E-state index in [0.717, 1.165) is 39.0 Å². The summed E-state index contributed by atoms with van der Waals surface area (Å²) in [5.41, 5.74) is 21.2. The summed E-state index contributed by atoms with van der Waals surface area (Å²) in [6.45, 7) is 15.8. The zero-order valence-corrected chi connectivity index (χ0v) is 36.0. The van der Waals surface area contributed by atoms with Crippen molar-refractivity contribution in [3.8, 4) is 33.4 Å². The Morgan fingerprint density at radius 2 is 1.10 bits per heavy atom. The lowest BCUT2D eigenvalue weighted by molar-refractivity contribution is 0.590. The molecule has 0 bridgehead atoms. The number of aryl methyl sites for hydroxylation is 1. The minimum absolute atomic E-state index is 0.0213. The number of benzene rings is 8. The highest BCUT2D eigenvalue weighted by molar-refractivity contribution is 6.95. The fourth-order valence-electron chi connectivity index (χ4n) is 9.89. The highest BCUT2D eigenvalue weighted by Crippen LogP contribution is 2.51. The molecule has 4 heteroatoms. The zero-order valence-electron chi connectivity index (χ0n) is 36.0. The molecule has 61 heavy (non-hydrogen) atoms. The average molecular weight is 789 g/mol. The van der Waals surface area contributed by atoms with E-state index >= 15 is 0 Å². The number of furan rings is 1. The molecule has 296 valence electrons. The number of rotatable bonds is 4. The van der Waals surface area contributed by atoms with Crippen molar-refractivity contribution < 1.29 is 4.42 Å². The SMILES string of the molecule is Cc1cc2c3c(c1)N(c1ccc(C(C)(C)C)cc1-c1ccccc1)c1ccc4c(oc5ccccc54)c1B3N(c1ccc(C(C)(C)C)cc1)c1cc(-c3ccccc3)ccc1-2. The van der Waals surface area contributed by atoms with Crippen molar-refractivity contribution in [3.05, 3.63) is 187 Å². The van der Waals surface area contributed by atoms with Gasteiger partial charge in [-0.3, -0.25) is 0 Å². The summed E-state index contributed by atoms with van der Waals surface area (Å²) in [6.07, 6.45) is 0. The highest BCUT2D eigenvalue weighted by atomic mass is 16.3. The number of anilines is 5. The molecule has 2 aliphatic heterocycles. The lowest BCUT2D eigenvalue weighted by Gasteiger charge is -2.46. The van der Waals surface area contributed by atoms with E-state index in [0.29, 0.717) is 0 Å². The molecule has 3 nitrogen and oxygen atoms in total. The fourth-order valence-corrected chi connectivity index (χ4v) is 9.89. The molecule has 0 N–H and O–H groups in total. The van der Waals surface area contributed by atoms with Crippen LogP contribution in [-0.4, -0.2) is 6.85 Å². The number of para-hydroxylation sites is 1. The summed E-state index contributed by atoms with van der Waals surface area (Å²) < 4.78 is 7.12. The van der Waals surface area contributed by atoms with Crippen LogP contribution in [0.1, 0.15) is 58.2 Å². The maximum Gasteiger partial charge on any atom is 0.336 e. The molecule has 0 radical (unpaired) electrons. The number of hydrogen-bond donors (Lipinski definition) is 0. The Labute approximate surface area is 360 Å². The lowest BCUT2D eigenvalue weighted by atomic mass is 9.43. The quantitative estimate of drug-likeness (QED) is 0.166. The van der Waals surface area contributed by atoms with Crippen LogP contribution in [0.2, 0.25) is 0 Å². The van der Waals surface area contributed by atoms with E-state index in [4.69, 9.17) is 4.42 Å². The first-order chi connectivity index (χ1) is 29.4. The van der Waals surface area contributed by atoms with Gasteiger partial charge in [0.15, 0.2) is 0 Å². The van der Waals surface area contributed by atoms with E-state index in [9.17, 15) is 0 Å². The second kappa shape index (κ2) is 13.6. The van der Waals surface area contributed by atoms with Gasteiger partial charge in [0.2, 0.25) is 0 Å². The van der Waals surface area contributed by atoms with Crippen molar-refractivity contribution in [2.75, 3.05) is 9.71 Å². The average Bonchev–Trinajstić information content (AvgIpc) is 3.65. The maximum absolute atomic E-state index is 7.12. The zero-order chi connectivity index (χ0) is 41.8. The summed E-state index contributed by atoms with van der Waals surface area (Å²) in [5.74, 6) is 0. The van der Waals surface area contributed by atoms with Gasteiger partial charge in [-0.25, -0.2) is 0 Å². The van der Waals surface area contributed by atoms with E-state index in [1.165, 1.54) is 72.4 Å². The van der Waals surface area contributed by atoms with E-state index in [-0.39, 0.29) is 17.7 Å². The first-order valence-corrected chi connectivity index (χ1v) is 21.6. The second-order valence-corrected chi connectivity index (χ2v) is 19.1. The minimum Gasteiger partial charge on any atom is -0.456 e. The molecule has 2 aliphatic rings. The fraction of sp³-hybridized carbons (Fsp3) is 0.158. The molecule has 0 spiro atoms. The van der Waals surface area contributed by atoms with Crippen LogP contribution in [0.25, 0.3) is 55.3 Å². The van der Waals surface area contributed by atoms with Crippen molar-refractivity contribution in [2.45, 2.75) is 59.3 Å². The van der Waals surface area contributed by atoms with E-state index in [1.54, 1.807) is 0 Å². The smallest absolute Gasteiger partial charge is 0.336 e. The van der Waals surface area contributed by atoms with Gasteiger partial charge in [-0.2, -0.15) is 0 Å². The Morgan fingerprint density at radius 3 is 1.82 bits per heavy atom. The van der Waals surface area contributed by atoms with E-state index in [1.807, 2.05) is 0 Å². The van der Waals surface area contributed by atoms with Gasteiger partial charge in [0, 0.05) is 50.1 Å². The van der Waals surface area contributed by atoms with E-state index < -0.39 is 0 Å². The largest absolute Gasteiger partial charge is 0.456 e. The predicted octanol–water partition coefficient (Wildman–Crippen LogP) is 14.5. The van der Waals surface area contributed by atoms with Gasteiger partial charge in [-0.1, -0.05) is 157 Å². The highest BCUT2D eigenvalue weighted by Gasteiger charge is 2.47. The van der Waals surface area contributed by atoms with Crippen LogP contribution in [0.4, 0.5) is 28.4 Å². The first kappa shape index (κ1) is 37.2. The van der Waals surface area contributed by atoms with Gasteiger partial charge < -0.3 is 14.1 Å². The van der Waals surface area contributed by atoms with Gasteiger partial charge in [0.05, 0.1) is 5.69 Å². The van der Waals surface area contributed by atoms with E-state index in [2.05, 4.69) is 228 Å². The van der Waals surface area contributed by atoms with Crippen LogP contribution in [0.3, 0.4) is 0 Å². The number of hydrogen-bond acceptors (Lipinski definition) is 3. The van der Waals surface area contributed by atoms with Crippen molar-refractivity contribution in [2.24, 2.45) is 0 Å². The summed E-state index contributed by atoms with van der Waals surface area (Å²) in [6, 6.07) is 63.1. The molecular formula is C57H49BN2O. The third-order valence-electron chi connectivity index (χ3n) is 13.0. The third-order valence-corrected chi connectivity index (χ3v) is 13.0. The Morgan fingerprint density at radius 1 is 0.443 bits per heavy atom. The van der Waals surface area contributed by atoms with Crippen LogP contribution >= 0.6 is 0 Å². The van der Waals surface area contributed by atoms with Crippen LogP contribution in [0.5, 0.6) is 0 Å². The monoisotopic (exact) mass is 788 g/mol. The molecule has 9 aromatic rings. The van der Waals surface area contributed by atoms with Gasteiger partial charge in [0.1, 0.15) is 11.2 Å². The summed E-state index contributed by atoms with van der Waals surface area (Å²) in [5, 5.41) is 2.26. The minimum atomic E-state index is -0.200. The molecular weight excluding hydrogens is 739 g/mol. The molecule has 8 aromatic carbocycles. The summed E-state index contributed by atoms with van der Waals surface area (Å²) in [7, 11) is 0. The lowest BCUT2D eigenvalue weighted by Crippen LogP contribution is -2.61. The molecule has 0 aliphatic carbocycles. The summed E-state index contributed by atoms with van der Waals surface area (Å²) in [4.78, 5) is 5.16. The van der Waals surface area contributed by atoms with Crippen molar-refractivity contribution in [1.82, 2.24) is 0 Å². The van der Waals surface area contributed by atoms with Gasteiger partial charge in [-0.15, -0.1) is 0 Å². The van der Waals surface area contributed by atoms with Crippen LogP contribution < -0.4 is 20.6 Å². The molecule has 3 heterocycles. The maximum atomic E-state index is 7.12. The topological polar surface area (TPSA) is 19.6 Å². The standard InChI is InChI=1S/C57H49BN2O/c1-36-32-47-43-28-22-39(37-16-10-8-11-17-37)34-50(43)60(42-26-23-40(24-27-42)56(2,3)4)58-53(47)51(33-36)59(49-31-29-45-44-20-14-15-21-52(44)61-55(45)54(49)58)48-30-25-41(57(5,6)7)35-46(48)38-18-12-9-13-19-38/h8-35H,1-7H3. The molecule has 0 amide bonds. The normalized spacial score (nSPS) is 13.4. The first-order valence-electron chi connectivity index (χ1n) is 21.6. The number of nitrogens with zero attached hydrogens (tertiary/aromatic N) is 2. The van der Waals surface area contributed by atoms with Crippen LogP contribution in [0, 0.1) is 6.92 Å². The van der Waals surface area contributed by atoms with Crippen molar-refractivity contribution in [1.29, 1.82) is 0 Å². The Balaban J connectivity index is 1.28. The molecule has 11 rings (SSSR count). The van der Waals surface area contributed by atoms with Gasteiger partial charge in [0.25, 0.3) is 0 Å². The van der Waals surface area contributed by atoms with Crippen LogP contribution in [0.15, 0.2) is 174 Å². The Hall–Kier alpha value is -6.78. The number of fused-ring (bicyclic) bond motifs is 8. The summed E-state index contributed by atoms with van der Waals surface area (Å²) >= 11 is 0. The molecule has 0 saturated carbocycles. The van der Waals surface area contributed by atoms with Gasteiger partial charge >= 0.3 is 6.85 Å². The third kappa shape index (κ3) is 5.95.